The van der Waals surface area contributed by atoms with Crippen molar-refractivity contribution in [2.75, 3.05) is 32.8 Å². The first-order valence-electron chi connectivity index (χ1n) is 11.3. The van der Waals surface area contributed by atoms with E-state index in [0.717, 1.165) is 29.8 Å². The molecule has 0 bridgehead atoms. The zero-order valence-corrected chi connectivity index (χ0v) is 18.9. The Balaban J connectivity index is 1.57. The highest BCUT2D eigenvalue weighted by molar-refractivity contribution is 6.01. The molecule has 10 heteroatoms. The lowest BCUT2D eigenvalue weighted by molar-refractivity contribution is -0.159. The fourth-order valence-corrected chi connectivity index (χ4v) is 4.11. The van der Waals surface area contributed by atoms with Crippen molar-refractivity contribution in [3.63, 3.8) is 0 Å². The van der Waals surface area contributed by atoms with Crippen molar-refractivity contribution in [1.82, 2.24) is 10.3 Å². The van der Waals surface area contributed by atoms with Gasteiger partial charge in [0, 0.05) is 32.5 Å². The number of hydrogen-bond acceptors (Lipinski definition) is 8. The summed E-state index contributed by atoms with van der Waals surface area (Å²) in [7, 11) is 0. The Kier molecular flexibility index (Phi) is 8.79. The lowest BCUT2D eigenvalue weighted by Gasteiger charge is -2.41. The number of piperidine rings is 1. The Morgan fingerprint density at radius 1 is 1.27 bits per heavy atom. The number of rotatable bonds is 12. The predicted molar refractivity (Wildman–Crippen MR) is 123 cm³/mol. The number of ether oxygens (including phenoxy) is 1. The molecule has 0 aromatic heterocycles. The molecule has 1 saturated heterocycles. The van der Waals surface area contributed by atoms with Gasteiger partial charge in [-0.2, -0.15) is 5.10 Å². The molecule has 1 aromatic rings. The second-order valence-corrected chi connectivity index (χ2v) is 8.50. The third-order valence-corrected chi connectivity index (χ3v) is 5.87. The van der Waals surface area contributed by atoms with E-state index < -0.39 is 24.1 Å². The van der Waals surface area contributed by atoms with E-state index in [1.54, 1.807) is 6.21 Å². The fraction of sp³-hybridized carbons (Fsp3) is 0.565. The zero-order chi connectivity index (χ0) is 23.7. The molecule has 3 rings (SSSR count). The van der Waals surface area contributed by atoms with E-state index in [0.29, 0.717) is 38.8 Å². The highest BCUT2D eigenvalue weighted by Crippen LogP contribution is 2.34. The molecule has 0 saturated carbocycles. The van der Waals surface area contributed by atoms with Crippen LogP contribution in [-0.4, -0.2) is 83.5 Å². The van der Waals surface area contributed by atoms with Gasteiger partial charge in [-0.1, -0.05) is 36.3 Å². The zero-order valence-electron chi connectivity index (χ0n) is 18.9. The van der Waals surface area contributed by atoms with E-state index in [4.69, 9.17) is 19.8 Å². The van der Waals surface area contributed by atoms with Gasteiger partial charge in [0.2, 0.25) is 0 Å². The van der Waals surface area contributed by atoms with E-state index >= 15 is 0 Å². The van der Waals surface area contributed by atoms with Crippen LogP contribution in [0.15, 0.2) is 34.5 Å². The normalized spacial score (nSPS) is 20.4. The average molecular weight is 461 g/mol. The molecule has 1 unspecified atom stereocenters. The number of carbonyl (C=O) groups is 2. The van der Waals surface area contributed by atoms with Crippen molar-refractivity contribution in [3.8, 4) is 0 Å². The van der Waals surface area contributed by atoms with Crippen molar-refractivity contribution in [1.29, 1.82) is 0 Å². The van der Waals surface area contributed by atoms with E-state index in [1.807, 2.05) is 29.2 Å². The number of nitrogens with zero attached hydrogens (tertiary/aromatic N) is 3. The summed E-state index contributed by atoms with van der Waals surface area (Å²) in [5, 5.41) is 26.6. The molecule has 3 N–H and O–H groups in total. The largest absolute Gasteiger partial charge is 0.480 e. The Morgan fingerprint density at radius 3 is 2.64 bits per heavy atom. The minimum Gasteiger partial charge on any atom is -0.480 e. The Bertz CT molecular complexity index is 862. The van der Waals surface area contributed by atoms with Crippen molar-refractivity contribution in [3.05, 3.63) is 35.4 Å². The molecule has 180 valence electrons. The van der Waals surface area contributed by atoms with E-state index in [1.165, 1.54) is 0 Å². The van der Waals surface area contributed by atoms with Gasteiger partial charge < -0.3 is 25.2 Å². The maximum absolute atomic E-state index is 11.1. The van der Waals surface area contributed by atoms with Crippen LogP contribution in [0.1, 0.15) is 50.2 Å². The molecular weight excluding hydrogens is 428 g/mol. The number of aliphatic carboxylic acids is 2. The standard InChI is InChI=1S/C23H32N4O6/c1-2-9-24-25-14-17-3-5-18(6-4-17)20-12-19(33-26-20)13-23(32-16-22(30)31)7-10-27(11-8-23)15-21(28)29/h3-6,14,19,24H,2,7-13,15-16H2,1H3,(H,28,29)(H,30,31). The second kappa shape index (κ2) is 11.8. The van der Waals surface area contributed by atoms with Gasteiger partial charge >= 0.3 is 11.9 Å². The van der Waals surface area contributed by atoms with Crippen molar-refractivity contribution >= 4 is 23.9 Å². The first-order valence-corrected chi connectivity index (χ1v) is 11.3. The van der Waals surface area contributed by atoms with Crippen molar-refractivity contribution in [2.45, 2.75) is 50.7 Å². The first kappa shape index (κ1) is 24.7. The van der Waals surface area contributed by atoms with Gasteiger partial charge in [0.25, 0.3) is 0 Å². The number of oxime groups is 1. The molecular formula is C23H32N4O6. The molecule has 0 amide bonds. The minimum absolute atomic E-state index is 0.0302. The fourth-order valence-electron chi connectivity index (χ4n) is 4.11. The Hall–Kier alpha value is -2.98. The summed E-state index contributed by atoms with van der Waals surface area (Å²) in [5.41, 5.74) is 5.09. The van der Waals surface area contributed by atoms with Crippen molar-refractivity contribution < 1.29 is 29.4 Å². The summed E-state index contributed by atoms with van der Waals surface area (Å²) in [4.78, 5) is 29.6. The number of hydrazone groups is 1. The topological polar surface area (TPSA) is 133 Å². The van der Waals surface area contributed by atoms with Crippen LogP contribution < -0.4 is 5.43 Å². The van der Waals surface area contributed by atoms with Crippen LogP contribution in [0.4, 0.5) is 0 Å². The minimum atomic E-state index is -1.03. The average Bonchev–Trinajstić information content (AvgIpc) is 3.25. The second-order valence-electron chi connectivity index (χ2n) is 8.50. The number of hydrogen-bond donors (Lipinski definition) is 3. The molecule has 0 aliphatic carbocycles. The van der Waals surface area contributed by atoms with Crippen LogP contribution in [0.2, 0.25) is 0 Å². The maximum atomic E-state index is 11.1. The SMILES string of the molecule is CCCNN=Cc1ccc(C2=NOC(CC3(OCC(=O)O)CCN(CC(=O)O)CC3)C2)cc1. The van der Waals surface area contributed by atoms with Gasteiger partial charge in [0.05, 0.1) is 24.1 Å². The van der Waals surface area contributed by atoms with Crippen LogP contribution in [0, 0.1) is 0 Å². The van der Waals surface area contributed by atoms with Gasteiger partial charge in [-0.15, -0.1) is 0 Å². The summed E-state index contributed by atoms with van der Waals surface area (Å²) >= 11 is 0. The number of nitrogens with one attached hydrogen (secondary N) is 1. The smallest absolute Gasteiger partial charge is 0.329 e. The summed E-state index contributed by atoms with van der Waals surface area (Å²) in [6.07, 6.45) is 4.76. The highest BCUT2D eigenvalue weighted by atomic mass is 16.6. The summed E-state index contributed by atoms with van der Waals surface area (Å²) in [6.45, 7) is 3.55. The van der Waals surface area contributed by atoms with Crippen LogP contribution >= 0.6 is 0 Å². The third-order valence-electron chi connectivity index (χ3n) is 5.87. The molecule has 33 heavy (non-hydrogen) atoms. The molecule has 1 fully saturated rings. The number of likely N-dealkylation sites (tertiary alicyclic amines) is 1. The molecule has 10 nitrogen and oxygen atoms in total. The molecule has 1 aromatic carbocycles. The lowest BCUT2D eigenvalue weighted by Crippen LogP contribution is -2.49. The van der Waals surface area contributed by atoms with E-state index in [-0.39, 0.29) is 12.6 Å². The van der Waals surface area contributed by atoms with Crippen LogP contribution in [0.3, 0.4) is 0 Å². The summed E-state index contributed by atoms with van der Waals surface area (Å²) < 4.78 is 5.83. The number of carboxylic acids is 2. The molecule has 0 spiro atoms. The highest BCUT2D eigenvalue weighted by Gasteiger charge is 2.40. The summed E-state index contributed by atoms with van der Waals surface area (Å²) in [6, 6.07) is 7.90. The van der Waals surface area contributed by atoms with Gasteiger partial charge in [-0.25, -0.2) is 4.79 Å². The molecule has 0 radical (unpaired) electrons. The van der Waals surface area contributed by atoms with Gasteiger partial charge in [-0.05, 0) is 30.4 Å². The number of carboxylic acid groups (broad SMARTS) is 2. The molecule has 2 aliphatic heterocycles. The first-order chi connectivity index (χ1) is 15.9. The third kappa shape index (κ3) is 7.54. The van der Waals surface area contributed by atoms with E-state index in [9.17, 15) is 9.59 Å². The Labute approximate surface area is 193 Å². The lowest BCUT2D eigenvalue weighted by atomic mass is 9.84. The van der Waals surface area contributed by atoms with Crippen molar-refractivity contribution in [2.24, 2.45) is 10.3 Å². The van der Waals surface area contributed by atoms with Gasteiger partial charge in [0.1, 0.15) is 12.7 Å². The summed E-state index contributed by atoms with van der Waals surface area (Å²) in [5.74, 6) is -1.90. The molecule has 2 aliphatic rings. The van der Waals surface area contributed by atoms with E-state index in [2.05, 4.69) is 22.6 Å². The van der Waals surface area contributed by atoms with Crippen LogP contribution in [0.25, 0.3) is 0 Å². The van der Waals surface area contributed by atoms with Crippen LogP contribution in [-0.2, 0) is 19.2 Å². The monoisotopic (exact) mass is 460 g/mol. The number of benzene rings is 1. The molecule has 2 heterocycles. The maximum Gasteiger partial charge on any atom is 0.329 e. The predicted octanol–water partition coefficient (Wildman–Crippen LogP) is 1.92. The van der Waals surface area contributed by atoms with Gasteiger partial charge in [-0.3, -0.25) is 9.69 Å². The molecule has 1 atom stereocenters. The van der Waals surface area contributed by atoms with Gasteiger partial charge in [0.15, 0.2) is 0 Å². The quantitative estimate of drug-likeness (QED) is 0.245. The Morgan fingerprint density at radius 2 is 2.00 bits per heavy atom. The van der Waals surface area contributed by atoms with Crippen LogP contribution in [0.5, 0.6) is 0 Å².